The number of carbonyl (C=O) groups excluding carboxylic acids is 1. The van der Waals surface area contributed by atoms with Crippen LogP contribution in [0, 0.1) is 0 Å². The van der Waals surface area contributed by atoms with Gasteiger partial charge in [-0.05, 0) is 36.6 Å². The Kier molecular flexibility index (Phi) is 4.13. The second-order valence-electron chi connectivity index (χ2n) is 6.00. The monoisotopic (exact) mass is 338 g/mol. The number of H-pyrrole nitrogens is 1. The molecule has 24 heavy (non-hydrogen) atoms. The lowest BCUT2D eigenvalue weighted by Crippen LogP contribution is -2.45. The molecule has 1 aromatic carbocycles. The van der Waals surface area contributed by atoms with Crippen LogP contribution in [0.5, 0.6) is 0 Å². The quantitative estimate of drug-likeness (QED) is 0.884. The van der Waals surface area contributed by atoms with E-state index >= 15 is 0 Å². The van der Waals surface area contributed by atoms with Gasteiger partial charge in [0.25, 0.3) is 5.91 Å². The largest absolute Gasteiger partial charge is 0.416 e. The molecule has 2 aromatic rings. The first-order valence-corrected chi connectivity index (χ1v) is 7.62. The molecule has 0 atom stereocenters. The fourth-order valence-electron chi connectivity index (χ4n) is 2.99. The summed E-state index contributed by atoms with van der Waals surface area (Å²) in [7, 11) is 0. The highest BCUT2D eigenvalue weighted by molar-refractivity contribution is 5.94. The average molecular weight is 338 g/mol. The number of piperidine rings is 1. The molecule has 0 bridgehead atoms. The Hall–Kier alpha value is -2.28. The molecule has 3 rings (SSSR count). The third kappa shape index (κ3) is 3.17. The van der Waals surface area contributed by atoms with Crippen molar-refractivity contribution in [1.29, 1.82) is 0 Å². The molecular weight excluding hydrogens is 321 g/mol. The van der Waals surface area contributed by atoms with Crippen LogP contribution in [0.4, 0.5) is 13.2 Å². The first kappa shape index (κ1) is 16.6. The molecule has 1 aliphatic rings. The van der Waals surface area contributed by atoms with Crippen molar-refractivity contribution in [2.75, 3.05) is 13.1 Å². The summed E-state index contributed by atoms with van der Waals surface area (Å²) in [5.74, 6) is -0.151. The van der Waals surface area contributed by atoms with Crippen LogP contribution < -0.4 is 0 Å². The van der Waals surface area contributed by atoms with Gasteiger partial charge in [-0.25, -0.2) is 0 Å². The summed E-state index contributed by atoms with van der Waals surface area (Å²) in [6.45, 7) is 0.577. The van der Waals surface area contributed by atoms with E-state index in [1.165, 1.54) is 12.1 Å². The molecule has 0 radical (unpaired) electrons. The Bertz CT molecular complexity index is 718. The third-order valence-corrected chi connectivity index (χ3v) is 4.45. The minimum absolute atomic E-state index is 0.151. The summed E-state index contributed by atoms with van der Waals surface area (Å²) in [4.78, 5) is 16.7. The second kappa shape index (κ2) is 5.98. The van der Waals surface area contributed by atoms with E-state index in [4.69, 9.17) is 0 Å². The van der Waals surface area contributed by atoms with Crippen LogP contribution in [0.15, 0.2) is 42.7 Å². The van der Waals surface area contributed by atoms with E-state index in [1.54, 1.807) is 23.4 Å². The van der Waals surface area contributed by atoms with Crippen LogP contribution >= 0.6 is 0 Å². The lowest BCUT2D eigenvalue weighted by molar-refractivity contribution is -0.137. The zero-order valence-electron chi connectivity index (χ0n) is 12.8. The number of hydrogen-bond acceptors (Lipinski definition) is 2. The van der Waals surface area contributed by atoms with Gasteiger partial charge in [-0.2, -0.15) is 13.2 Å². The zero-order chi connectivity index (χ0) is 17.4. The zero-order valence-corrected chi connectivity index (χ0v) is 12.8. The minimum Gasteiger partial charge on any atom is -0.385 e. The summed E-state index contributed by atoms with van der Waals surface area (Å²) >= 11 is 0. The van der Waals surface area contributed by atoms with Crippen LogP contribution in [-0.2, 0) is 11.8 Å². The molecule has 2 N–H and O–H groups in total. The number of rotatable bonds is 2. The fraction of sp³-hybridized carbons (Fsp3) is 0.353. The van der Waals surface area contributed by atoms with Crippen LogP contribution in [-0.4, -0.2) is 34.0 Å². The Morgan fingerprint density at radius 2 is 1.92 bits per heavy atom. The number of nitrogens with zero attached hydrogens (tertiary/aromatic N) is 1. The highest BCUT2D eigenvalue weighted by Gasteiger charge is 2.38. The van der Waals surface area contributed by atoms with Crippen LogP contribution in [0.3, 0.4) is 0 Å². The van der Waals surface area contributed by atoms with E-state index in [1.807, 2.05) is 0 Å². The van der Waals surface area contributed by atoms with Crippen molar-refractivity contribution in [3.8, 4) is 0 Å². The molecular formula is C17H17F3N2O2. The number of aliphatic hydroxyl groups is 1. The van der Waals surface area contributed by atoms with Gasteiger partial charge in [-0.1, -0.05) is 12.1 Å². The maximum absolute atomic E-state index is 12.8. The first-order chi connectivity index (χ1) is 11.3. The van der Waals surface area contributed by atoms with Crippen LogP contribution in [0.2, 0.25) is 0 Å². The van der Waals surface area contributed by atoms with E-state index in [0.29, 0.717) is 5.56 Å². The lowest BCUT2D eigenvalue weighted by atomic mass is 9.83. The van der Waals surface area contributed by atoms with E-state index in [0.717, 1.165) is 12.1 Å². The van der Waals surface area contributed by atoms with Gasteiger partial charge in [0.05, 0.1) is 16.7 Å². The van der Waals surface area contributed by atoms with Gasteiger partial charge in [0.15, 0.2) is 0 Å². The minimum atomic E-state index is -4.45. The predicted molar refractivity (Wildman–Crippen MR) is 81.3 cm³/mol. The molecule has 7 heteroatoms. The summed E-state index contributed by atoms with van der Waals surface area (Å²) in [5.41, 5.74) is -1.36. The maximum atomic E-state index is 12.8. The van der Waals surface area contributed by atoms with Crippen molar-refractivity contribution in [2.45, 2.75) is 24.6 Å². The number of aromatic amines is 1. The van der Waals surface area contributed by atoms with Gasteiger partial charge >= 0.3 is 6.18 Å². The van der Waals surface area contributed by atoms with Crippen LogP contribution in [0.1, 0.15) is 34.3 Å². The predicted octanol–water partition coefficient (Wildman–Crippen LogP) is 3.16. The molecule has 0 aliphatic carbocycles. The molecule has 0 saturated carbocycles. The van der Waals surface area contributed by atoms with E-state index in [9.17, 15) is 23.1 Å². The highest BCUT2D eigenvalue weighted by Crippen LogP contribution is 2.36. The van der Waals surface area contributed by atoms with Gasteiger partial charge in [0, 0.05) is 25.5 Å². The third-order valence-electron chi connectivity index (χ3n) is 4.45. The number of amides is 1. The van der Waals surface area contributed by atoms with Crippen molar-refractivity contribution in [2.24, 2.45) is 0 Å². The maximum Gasteiger partial charge on any atom is 0.416 e. The van der Waals surface area contributed by atoms with Gasteiger partial charge in [-0.15, -0.1) is 0 Å². The molecule has 0 spiro atoms. The second-order valence-corrected chi connectivity index (χ2v) is 6.00. The molecule has 128 valence electrons. The Labute approximate surface area is 136 Å². The number of hydrogen-bond donors (Lipinski definition) is 2. The fourth-order valence-corrected chi connectivity index (χ4v) is 2.99. The molecule has 1 saturated heterocycles. The first-order valence-electron chi connectivity index (χ1n) is 7.62. The van der Waals surface area contributed by atoms with E-state index in [2.05, 4.69) is 4.98 Å². The summed E-state index contributed by atoms with van der Waals surface area (Å²) in [5, 5.41) is 10.8. The summed E-state index contributed by atoms with van der Waals surface area (Å²) in [6, 6.07) is 6.43. The number of likely N-dealkylation sites (tertiary alicyclic amines) is 1. The van der Waals surface area contributed by atoms with E-state index < -0.39 is 17.3 Å². The molecule has 1 aliphatic heterocycles. The van der Waals surface area contributed by atoms with Gasteiger partial charge in [-0.3, -0.25) is 4.79 Å². The number of halogens is 3. The normalized spacial score (nSPS) is 17.8. The van der Waals surface area contributed by atoms with E-state index in [-0.39, 0.29) is 37.4 Å². The van der Waals surface area contributed by atoms with Crippen molar-refractivity contribution in [1.82, 2.24) is 9.88 Å². The van der Waals surface area contributed by atoms with Crippen LogP contribution in [0.25, 0.3) is 0 Å². The molecule has 1 aromatic heterocycles. The summed E-state index contributed by atoms with van der Waals surface area (Å²) < 4.78 is 38.5. The smallest absolute Gasteiger partial charge is 0.385 e. The Balaban J connectivity index is 1.74. The molecule has 4 nitrogen and oxygen atoms in total. The SMILES string of the molecule is O=C(c1cc[nH]c1)N1CCC(O)(c2cccc(C(F)(F)F)c2)CC1. The Morgan fingerprint density at radius 3 is 2.50 bits per heavy atom. The topological polar surface area (TPSA) is 56.3 Å². The highest BCUT2D eigenvalue weighted by atomic mass is 19.4. The van der Waals surface area contributed by atoms with Gasteiger partial charge in [0.1, 0.15) is 0 Å². The van der Waals surface area contributed by atoms with Crippen molar-refractivity contribution in [3.63, 3.8) is 0 Å². The molecule has 1 fully saturated rings. The van der Waals surface area contributed by atoms with Crippen molar-refractivity contribution < 1.29 is 23.1 Å². The molecule has 2 heterocycles. The number of benzene rings is 1. The number of aromatic nitrogens is 1. The summed E-state index contributed by atoms with van der Waals surface area (Å²) in [6.07, 6.45) is -0.807. The Morgan fingerprint density at radius 1 is 1.21 bits per heavy atom. The average Bonchev–Trinajstić information content (AvgIpc) is 3.09. The van der Waals surface area contributed by atoms with Crippen molar-refractivity contribution in [3.05, 3.63) is 59.4 Å². The molecule has 1 amide bonds. The molecule has 0 unspecified atom stereocenters. The standard InChI is InChI=1S/C17H17F3N2O2/c18-17(19,20)14-3-1-2-13(10-14)16(24)5-8-22(9-6-16)15(23)12-4-7-21-11-12/h1-4,7,10-11,21,24H,5-6,8-9H2. The van der Waals surface area contributed by atoms with Gasteiger partial charge in [0.2, 0.25) is 0 Å². The number of carbonyl (C=O) groups is 1. The van der Waals surface area contributed by atoms with Crippen molar-refractivity contribution >= 4 is 5.91 Å². The lowest BCUT2D eigenvalue weighted by Gasteiger charge is -2.38. The van der Waals surface area contributed by atoms with Gasteiger partial charge < -0.3 is 15.0 Å². The number of nitrogens with one attached hydrogen (secondary N) is 1. The number of alkyl halides is 3.